The smallest absolute Gasteiger partial charge is 0.0693 e. The van der Waals surface area contributed by atoms with E-state index in [2.05, 4.69) is 40.1 Å². The average Bonchev–Trinajstić information content (AvgIpc) is 2.33. The maximum Gasteiger partial charge on any atom is 0.0693 e. The monoisotopic (exact) mass is 224 g/mol. The Bertz CT molecular complexity index is 431. The first-order chi connectivity index (χ1) is 5.68. The van der Waals surface area contributed by atoms with Crippen LogP contribution >= 0.6 is 15.9 Å². The van der Waals surface area contributed by atoms with Gasteiger partial charge in [0.1, 0.15) is 0 Å². The Kier molecular flexibility index (Phi) is 1.68. The number of halogens is 1. The first-order valence-electron chi connectivity index (χ1n) is 3.76. The molecule has 2 rings (SSSR count). The van der Waals surface area contributed by atoms with E-state index in [1.807, 2.05) is 17.9 Å². The van der Waals surface area contributed by atoms with Crippen molar-refractivity contribution < 1.29 is 0 Å². The van der Waals surface area contributed by atoms with Crippen molar-refractivity contribution in [1.29, 1.82) is 0 Å². The summed E-state index contributed by atoms with van der Waals surface area (Å²) < 4.78 is 3.00. The van der Waals surface area contributed by atoms with Gasteiger partial charge in [0, 0.05) is 16.9 Å². The van der Waals surface area contributed by atoms with Gasteiger partial charge >= 0.3 is 0 Å². The van der Waals surface area contributed by atoms with Crippen molar-refractivity contribution in [2.24, 2.45) is 7.05 Å². The fraction of sp³-hybridized carbons (Fsp3) is 0.222. The molecule has 0 amide bonds. The summed E-state index contributed by atoms with van der Waals surface area (Å²) in [6.45, 7) is 2.08. The van der Waals surface area contributed by atoms with Crippen LogP contribution in [0.5, 0.6) is 0 Å². The summed E-state index contributed by atoms with van der Waals surface area (Å²) in [6.07, 6.45) is 1.87. The van der Waals surface area contributed by atoms with Gasteiger partial charge in [-0.25, -0.2) is 0 Å². The lowest BCUT2D eigenvalue weighted by Gasteiger charge is -1.98. The minimum absolute atomic E-state index is 1.12. The molecule has 0 unspecified atom stereocenters. The van der Waals surface area contributed by atoms with Crippen LogP contribution in [-0.2, 0) is 7.05 Å². The maximum absolute atomic E-state index is 4.18. The van der Waals surface area contributed by atoms with Crippen molar-refractivity contribution in [1.82, 2.24) is 9.78 Å². The van der Waals surface area contributed by atoms with Crippen LogP contribution in [0.15, 0.2) is 22.8 Å². The van der Waals surface area contributed by atoms with E-state index < -0.39 is 0 Å². The van der Waals surface area contributed by atoms with Crippen LogP contribution in [0.4, 0.5) is 0 Å². The van der Waals surface area contributed by atoms with Crippen molar-refractivity contribution in [2.45, 2.75) is 6.92 Å². The van der Waals surface area contributed by atoms with Gasteiger partial charge < -0.3 is 0 Å². The second kappa shape index (κ2) is 2.59. The van der Waals surface area contributed by atoms with Crippen LogP contribution in [-0.4, -0.2) is 9.78 Å². The summed E-state index contributed by atoms with van der Waals surface area (Å²) in [6, 6.07) is 4.23. The van der Waals surface area contributed by atoms with Crippen molar-refractivity contribution in [3.63, 3.8) is 0 Å². The Hall–Kier alpha value is -0.830. The number of hydrogen-bond acceptors (Lipinski definition) is 1. The highest BCUT2D eigenvalue weighted by Gasteiger charge is 2.03. The lowest BCUT2D eigenvalue weighted by atomic mass is 10.2. The van der Waals surface area contributed by atoms with Crippen molar-refractivity contribution in [3.8, 4) is 0 Å². The van der Waals surface area contributed by atoms with E-state index in [-0.39, 0.29) is 0 Å². The minimum atomic E-state index is 1.12. The highest BCUT2D eigenvalue weighted by Crippen LogP contribution is 2.24. The fourth-order valence-electron chi connectivity index (χ4n) is 1.34. The molecule has 0 radical (unpaired) electrons. The van der Waals surface area contributed by atoms with Crippen LogP contribution in [0.1, 0.15) is 5.56 Å². The molecule has 62 valence electrons. The SMILES string of the molecule is Cc1cc(Br)c2cnn(C)c2c1. The van der Waals surface area contributed by atoms with Gasteiger partial charge in [-0.2, -0.15) is 5.10 Å². The predicted octanol–water partition coefficient (Wildman–Crippen LogP) is 2.64. The molecule has 0 fully saturated rings. The highest BCUT2D eigenvalue weighted by molar-refractivity contribution is 9.10. The number of aryl methyl sites for hydroxylation is 2. The van der Waals surface area contributed by atoms with E-state index in [1.54, 1.807) is 0 Å². The van der Waals surface area contributed by atoms with E-state index in [0.29, 0.717) is 0 Å². The summed E-state index contributed by atoms with van der Waals surface area (Å²) in [5, 5.41) is 5.35. The number of hydrogen-bond donors (Lipinski definition) is 0. The first-order valence-corrected chi connectivity index (χ1v) is 4.55. The van der Waals surface area contributed by atoms with Gasteiger partial charge in [0.15, 0.2) is 0 Å². The number of aromatic nitrogens is 2. The second-order valence-electron chi connectivity index (χ2n) is 2.95. The molecule has 1 aromatic carbocycles. The highest BCUT2D eigenvalue weighted by atomic mass is 79.9. The largest absolute Gasteiger partial charge is 0.268 e. The van der Waals surface area contributed by atoms with Crippen LogP contribution in [0.2, 0.25) is 0 Å². The Morgan fingerprint density at radius 2 is 2.17 bits per heavy atom. The van der Waals surface area contributed by atoms with Crippen LogP contribution < -0.4 is 0 Å². The minimum Gasteiger partial charge on any atom is -0.268 e. The summed E-state index contributed by atoms with van der Waals surface area (Å²) >= 11 is 3.51. The molecule has 1 heterocycles. The van der Waals surface area contributed by atoms with Gasteiger partial charge in [-0.05, 0) is 24.6 Å². The van der Waals surface area contributed by atoms with Gasteiger partial charge in [-0.1, -0.05) is 15.9 Å². The molecule has 1 aromatic heterocycles. The third kappa shape index (κ3) is 1.05. The Morgan fingerprint density at radius 3 is 2.92 bits per heavy atom. The van der Waals surface area contributed by atoms with E-state index in [4.69, 9.17) is 0 Å². The molecular weight excluding hydrogens is 216 g/mol. The lowest BCUT2D eigenvalue weighted by Crippen LogP contribution is -1.88. The van der Waals surface area contributed by atoms with Gasteiger partial charge in [-0.15, -0.1) is 0 Å². The molecule has 3 heteroatoms. The third-order valence-electron chi connectivity index (χ3n) is 1.96. The van der Waals surface area contributed by atoms with Gasteiger partial charge in [0.25, 0.3) is 0 Å². The van der Waals surface area contributed by atoms with Gasteiger partial charge in [0.05, 0.1) is 11.7 Å². The Morgan fingerprint density at radius 1 is 1.42 bits per heavy atom. The van der Waals surface area contributed by atoms with Crippen molar-refractivity contribution in [3.05, 3.63) is 28.4 Å². The topological polar surface area (TPSA) is 17.8 Å². The van der Waals surface area contributed by atoms with Gasteiger partial charge in [-0.3, -0.25) is 4.68 Å². The predicted molar refractivity (Wildman–Crippen MR) is 53.2 cm³/mol. The van der Waals surface area contributed by atoms with Crippen LogP contribution in [0, 0.1) is 6.92 Å². The zero-order chi connectivity index (χ0) is 8.72. The molecule has 0 aliphatic carbocycles. The Balaban J connectivity index is 2.92. The molecule has 2 aromatic rings. The van der Waals surface area contributed by atoms with E-state index in [1.165, 1.54) is 16.5 Å². The quantitative estimate of drug-likeness (QED) is 0.673. The van der Waals surface area contributed by atoms with Crippen LogP contribution in [0.3, 0.4) is 0 Å². The molecule has 0 saturated heterocycles. The summed E-state index contributed by atoms with van der Waals surface area (Å²) in [5.41, 5.74) is 2.42. The number of nitrogens with zero attached hydrogens (tertiary/aromatic N) is 2. The third-order valence-corrected chi connectivity index (χ3v) is 2.62. The Labute approximate surface area is 79.3 Å². The summed E-state index contributed by atoms with van der Waals surface area (Å²) in [7, 11) is 1.95. The standard InChI is InChI=1S/C9H9BrN2/c1-6-3-8(10)7-5-11-12(2)9(7)4-6/h3-5H,1-2H3. The fourth-order valence-corrected chi connectivity index (χ4v) is 2.00. The maximum atomic E-state index is 4.18. The average molecular weight is 225 g/mol. The summed E-state index contributed by atoms with van der Waals surface area (Å²) in [5.74, 6) is 0. The van der Waals surface area contributed by atoms with Crippen molar-refractivity contribution >= 4 is 26.8 Å². The molecule has 0 saturated carbocycles. The molecule has 0 N–H and O–H groups in total. The van der Waals surface area contributed by atoms with E-state index >= 15 is 0 Å². The summed E-state index contributed by atoms with van der Waals surface area (Å²) in [4.78, 5) is 0. The lowest BCUT2D eigenvalue weighted by molar-refractivity contribution is 0.796. The second-order valence-corrected chi connectivity index (χ2v) is 3.80. The molecule has 0 atom stereocenters. The molecular formula is C9H9BrN2. The zero-order valence-corrected chi connectivity index (χ0v) is 8.59. The first kappa shape index (κ1) is 7.80. The number of rotatable bonds is 0. The number of fused-ring (bicyclic) bond motifs is 1. The van der Waals surface area contributed by atoms with Crippen molar-refractivity contribution in [2.75, 3.05) is 0 Å². The zero-order valence-electron chi connectivity index (χ0n) is 7.00. The number of benzene rings is 1. The molecule has 2 nitrogen and oxygen atoms in total. The molecule has 0 aliphatic rings. The molecule has 12 heavy (non-hydrogen) atoms. The molecule has 0 bridgehead atoms. The molecule has 0 spiro atoms. The van der Waals surface area contributed by atoms with E-state index in [0.717, 1.165) is 4.47 Å². The van der Waals surface area contributed by atoms with Gasteiger partial charge in [0.2, 0.25) is 0 Å². The molecule has 0 aliphatic heterocycles. The van der Waals surface area contributed by atoms with E-state index in [9.17, 15) is 0 Å². The van der Waals surface area contributed by atoms with Crippen LogP contribution in [0.25, 0.3) is 10.9 Å². The normalized spacial score (nSPS) is 10.9.